The maximum absolute atomic E-state index is 11.1. The first-order chi connectivity index (χ1) is 15.7. The Bertz CT molecular complexity index is 735. The normalized spacial score (nSPS) is 40.5. The van der Waals surface area contributed by atoms with Gasteiger partial charge in [-0.1, -0.05) is 12.1 Å². The van der Waals surface area contributed by atoms with Crippen molar-refractivity contribution in [2.45, 2.75) is 67.8 Å². The lowest BCUT2D eigenvalue weighted by atomic mass is 9.84. The Morgan fingerprint density at radius 2 is 1.52 bits per heavy atom. The van der Waals surface area contributed by atoms with Gasteiger partial charge in [0.2, 0.25) is 0 Å². The maximum Gasteiger partial charge on any atom is 0.187 e. The van der Waals surface area contributed by atoms with Crippen molar-refractivity contribution in [1.29, 1.82) is 0 Å². The highest BCUT2D eigenvalue weighted by Gasteiger charge is 2.50. The van der Waals surface area contributed by atoms with E-state index < -0.39 is 74.4 Å². The maximum atomic E-state index is 11.1. The summed E-state index contributed by atoms with van der Waals surface area (Å²) in [6.45, 7) is -1.29. The molecule has 2 aliphatic rings. The van der Waals surface area contributed by atoms with Gasteiger partial charge in [-0.25, -0.2) is 0 Å². The van der Waals surface area contributed by atoms with Crippen LogP contribution >= 0.6 is 0 Å². The molecule has 2 heterocycles. The number of hydrogen-bond donors (Lipinski definition) is 9. The summed E-state index contributed by atoms with van der Waals surface area (Å²) in [5.74, 6) is -0.803. The number of ether oxygens (including phenoxy) is 3. The molecule has 2 aliphatic heterocycles. The smallest absolute Gasteiger partial charge is 0.187 e. The molecule has 3 rings (SSSR count). The van der Waals surface area contributed by atoms with Crippen LogP contribution in [-0.2, 0) is 14.2 Å². The first-order valence-corrected chi connectivity index (χ1v) is 10.8. The minimum Gasteiger partial charge on any atom is -0.508 e. The van der Waals surface area contributed by atoms with Crippen LogP contribution in [0.15, 0.2) is 24.3 Å². The van der Waals surface area contributed by atoms with E-state index in [0.29, 0.717) is 0 Å². The molecule has 0 spiro atoms. The zero-order valence-corrected chi connectivity index (χ0v) is 18.1. The molecule has 33 heavy (non-hydrogen) atoms. The van der Waals surface area contributed by atoms with Crippen molar-refractivity contribution in [2.24, 2.45) is 5.92 Å². The largest absolute Gasteiger partial charge is 0.508 e. The summed E-state index contributed by atoms with van der Waals surface area (Å²) in [6.07, 6.45) is -12.8. The van der Waals surface area contributed by atoms with Gasteiger partial charge in [-0.3, -0.25) is 0 Å². The molecular formula is C21H33NO11. The van der Waals surface area contributed by atoms with Crippen LogP contribution in [0.2, 0.25) is 0 Å². The highest BCUT2D eigenvalue weighted by atomic mass is 16.7. The molecule has 0 saturated carbocycles. The Kier molecular flexibility index (Phi) is 9.00. The third kappa shape index (κ3) is 5.63. The zero-order chi connectivity index (χ0) is 24.3. The Balaban J connectivity index is 1.77. The summed E-state index contributed by atoms with van der Waals surface area (Å²) in [6, 6.07) is 6.06. The average Bonchev–Trinajstić information content (AvgIpc) is 2.81. The highest BCUT2D eigenvalue weighted by molar-refractivity contribution is 5.28. The van der Waals surface area contributed by atoms with Gasteiger partial charge in [0.25, 0.3) is 0 Å². The second-order valence-electron chi connectivity index (χ2n) is 8.37. The lowest BCUT2D eigenvalue weighted by Crippen LogP contribution is -2.63. The minimum atomic E-state index is -1.71. The van der Waals surface area contributed by atoms with E-state index in [-0.39, 0.29) is 18.2 Å². The SMILES string of the molecule is CNC(C[C@@H]1[C@@H](O)[C@H](O[C@H]2O[C@H](CO)[C@@H](O)[C@H](O)[C@H]2O)[C@@H](CO)O[C@H]1O)c1ccc(O)cc1. The molecule has 1 unspecified atom stereocenters. The van der Waals surface area contributed by atoms with E-state index in [9.17, 15) is 40.9 Å². The molecule has 0 amide bonds. The molecule has 1 aromatic carbocycles. The second kappa shape index (κ2) is 11.3. The quantitative estimate of drug-likeness (QED) is 0.184. The van der Waals surface area contributed by atoms with Crippen LogP contribution in [0.4, 0.5) is 0 Å². The number of phenolic OH excluding ortho intramolecular Hbond substituents is 1. The Hall–Kier alpha value is -1.42. The van der Waals surface area contributed by atoms with Gasteiger partial charge in [-0.2, -0.15) is 0 Å². The molecule has 0 bridgehead atoms. The molecule has 1 aromatic rings. The van der Waals surface area contributed by atoms with E-state index >= 15 is 0 Å². The van der Waals surface area contributed by atoms with Crippen molar-refractivity contribution >= 4 is 0 Å². The molecule has 2 fully saturated rings. The van der Waals surface area contributed by atoms with E-state index in [0.717, 1.165) is 5.56 Å². The van der Waals surface area contributed by atoms with Gasteiger partial charge in [-0.15, -0.1) is 0 Å². The van der Waals surface area contributed by atoms with Crippen LogP contribution < -0.4 is 5.32 Å². The third-order valence-corrected chi connectivity index (χ3v) is 6.29. The van der Waals surface area contributed by atoms with Crippen molar-refractivity contribution in [3.05, 3.63) is 29.8 Å². The van der Waals surface area contributed by atoms with Crippen molar-refractivity contribution in [2.75, 3.05) is 20.3 Å². The monoisotopic (exact) mass is 475 g/mol. The minimum absolute atomic E-state index is 0.0912. The molecular weight excluding hydrogens is 442 g/mol. The van der Waals surface area contributed by atoms with Crippen molar-refractivity contribution in [3.8, 4) is 5.75 Å². The number of aliphatic hydroxyl groups excluding tert-OH is 7. The van der Waals surface area contributed by atoms with Gasteiger partial charge in [-0.05, 0) is 31.2 Å². The fourth-order valence-corrected chi connectivity index (χ4v) is 4.29. The Labute approximate surface area is 190 Å². The van der Waals surface area contributed by atoms with Gasteiger partial charge in [0.1, 0.15) is 42.4 Å². The number of aromatic hydroxyl groups is 1. The number of benzene rings is 1. The van der Waals surface area contributed by atoms with Crippen LogP contribution in [-0.4, -0.2) is 116 Å². The number of nitrogens with one attached hydrogen (secondary N) is 1. The van der Waals surface area contributed by atoms with Crippen LogP contribution in [0, 0.1) is 5.92 Å². The van der Waals surface area contributed by atoms with Crippen LogP contribution in [0.25, 0.3) is 0 Å². The fraction of sp³-hybridized carbons (Fsp3) is 0.714. The lowest BCUT2D eigenvalue weighted by Gasteiger charge is -2.46. The first-order valence-electron chi connectivity index (χ1n) is 10.8. The van der Waals surface area contributed by atoms with E-state index in [1.54, 1.807) is 19.2 Å². The molecule has 2 saturated heterocycles. The molecule has 0 aromatic heterocycles. The van der Waals surface area contributed by atoms with E-state index in [1.165, 1.54) is 12.1 Å². The number of phenols is 1. The van der Waals surface area contributed by atoms with Crippen molar-refractivity contribution in [1.82, 2.24) is 5.32 Å². The third-order valence-electron chi connectivity index (χ3n) is 6.29. The van der Waals surface area contributed by atoms with Crippen LogP contribution in [0.5, 0.6) is 5.75 Å². The predicted molar refractivity (Wildman–Crippen MR) is 111 cm³/mol. The van der Waals surface area contributed by atoms with Gasteiger partial charge in [0, 0.05) is 12.0 Å². The molecule has 0 radical (unpaired) electrons. The van der Waals surface area contributed by atoms with Gasteiger partial charge in [0.05, 0.1) is 19.3 Å². The van der Waals surface area contributed by atoms with Crippen molar-refractivity contribution < 1.29 is 55.1 Å². The first kappa shape index (κ1) is 26.2. The van der Waals surface area contributed by atoms with Crippen LogP contribution in [0.1, 0.15) is 18.0 Å². The molecule has 188 valence electrons. The van der Waals surface area contributed by atoms with Crippen molar-refractivity contribution in [3.63, 3.8) is 0 Å². The molecule has 9 N–H and O–H groups in total. The summed E-state index contributed by atoms with van der Waals surface area (Å²) in [4.78, 5) is 0. The Morgan fingerprint density at radius 3 is 2.09 bits per heavy atom. The summed E-state index contributed by atoms with van der Waals surface area (Å²) in [5.41, 5.74) is 0.783. The van der Waals surface area contributed by atoms with E-state index in [1.807, 2.05) is 0 Å². The van der Waals surface area contributed by atoms with Gasteiger partial charge in [0.15, 0.2) is 12.6 Å². The molecule has 12 nitrogen and oxygen atoms in total. The van der Waals surface area contributed by atoms with Crippen LogP contribution in [0.3, 0.4) is 0 Å². The van der Waals surface area contributed by atoms with E-state index in [4.69, 9.17) is 14.2 Å². The van der Waals surface area contributed by atoms with Gasteiger partial charge >= 0.3 is 0 Å². The summed E-state index contributed by atoms with van der Waals surface area (Å²) in [7, 11) is 1.69. The topological polar surface area (TPSA) is 202 Å². The Morgan fingerprint density at radius 1 is 0.879 bits per heavy atom. The number of hydrogen-bond acceptors (Lipinski definition) is 12. The highest BCUT2D eigenvalue weighted by Crippen LogP contribution is 2.35. The molecule has 11 atom stereocenters. The summed E-state index contributed by atoms with van der Waals surface area (Å²) >= 11 is 0. The summed E-state index contributed by atoms with van der Waals surface area (Å²) < 4.78 is 16.5. The average molecular weight is 475 g/mol. The molecule has 0 aliphatic carbocycles. The molecule has 12 heteroatoms. The predicted octanol–water partition coefficient (Wildman–Crippen LogP) is -3.09. The zero-order valence-electron chi connectivity index (χ0n) is 18.1. The number of aliphatic hydroxyl groups is 7. The fourth-order valence-electron chi connectivity index (χ4n) is 4.29. The second-order valence-corrected chi connectivity index (χ2v) is 8.37. The lowest BCUT2D eigenvalue weighted by molar-refractivity contribution is -0.351. The standard InChI is InChI=1S/C21H33NO11/c1-22-12(9-2-4-10(25)5-3-9)6-11-15(26)19(14(8-24)31-20(11)30)33-21-18(29)17(28)16(27)13(7-23)32-21/h2-5,11-30H,6-8H2,1H3/t11-,12?,13-,14-,15-,16-,17+,18-,19-,20-,21-/m1/s1. The number of rotatable bonds is 8. The summed E-state index contributed by atoms with van der Waals surface area (Å²) in [5, 5.41) is 83.4. The van der Waals surface area contributed by atoms with Gasteiger partial charge < -0.3 is 60.4 Å². The van der Waals surface area contributed by atoms with E-state index in [2.05, 4.69) is 5.32 Å².